The van der Waals surface area contributed by atoms with E-state index in [0.717, 1.165) is 11.5 Å². The lowest BCUT2D eigenvalue weighted by Gasteiger charge is -2.04. The molecule has 0 aliphatic carbocycles. The lowest BCUT2D eigenvalue weighted by atomic mass is 10.2. The van der Waals surface area contributed by atoms with E-state index in [2.05, 4.69) is 36.0 Å². The molecular formula is C8H4BrClN4OS. The summed E-state index contributed by atoms with van der Waals surface area (Å²) in [6.45, 7) is 0. The molecule has 0 radical (unpaired) electrons. The van der Waals surface area contributed by atoms with Crippen molar-refractivity contribution < 1.29 is 4.79 Å². The number of carbonyl (C=O) groups is 1. The highest BCUT2D eigenvalue weighted by molar-refractivity contribution is 9.10. The van der Waals surface area contributed by atoms with E-state index in [4.69, 9.17) is 11.6 Å². The van der Waals surface area contributed by atoms with Crippen molar-refractivity contribution in [2.45, 2.75) is 0 Å². The molecule has 0 aliphatic heterocycles. The third kappa shape index (κ3) is 2.37. The molecule has 0 atom stereocenters. The Morgan fingerprint density at radius 3 is 3.00 bits per heavy atom. The van der Waals surface area contributed by atoms with Crippen molar-refractivity contribution in [3.63, 3.8) is 0 Å². The summed E-state index contributed by atoms with van der Waals surface area (Å²) in [5.41, 5.74) is 0.367. The maximum Gasteiger partial charge on any atom is 0.259 e. The molecular weight excluding hydrogens is 316 g/mol. The van der Waals surface area contributed by atoms with Crippen LogP contribution >= 0.6 is 39.1 Å². The van der Waals surface area contributed by atoms with Gasteiger partial charge in [0.25, 0.3) is 5.91 Å². The van der Waals surface area contributed by atoms with Crippen LogP contribution in [-0.4, -0.2) is 20.7 Å². The van der Waals surface area contributed by atoms with Crippen LogP contribution < -0.4 is 5.32 Å². The topological polar surface area (TPSA) is 67.8 Å². The van der Waals surface area contributed by atoms with Crippen LogP contribution in [-0.2, 0) is 0 Å². The molecule has 2 aromatic rings. The Kier molecular flexibility index (Phi) is 3.47. The maximum atomic E-state index is 11.8. The molecule has 0 fully saturated rings. The lowest BCUT2D eigenvalue weighted by molar-refractivity contribution is 0.102. The number of hydrogen-bond acceptors (Lipinski definition) is 5. The molecule has 0 bridgehead atoms. The maximum absolute atomic E-state index is 11.8. The lowest BCUT2D eigenvalue weighted by Crippen LogP contribution is -2.12. The van der Waals surface area contributed by atoms with Gasteiger partial charge in [-0.25, -0.2) is 0 Å². The van der Waals surface area contributed by atoms with Crippen molar-refractivity contribution in [3.8, 4) is 0 Å². The summed E-state index contributed by atoms with van der Waals surface area (Å²) in [5, 5.41) is 10.2. The van der Waals surface area contributed by atoms with E-state index in [1.54, 1.807) is 18.2 Å². The van der Waals surface area contributed by atoms with Gasteiger partial charge in [0, 0.05) is 16.0 Å². The molecule has 16 heavy (non-hydrogen) atoms. The van der Waals surface area contributed by atoms with Crippen LogP contribution in [0.3, 0.4) is 0 Å². The molecule has 0 unspecified atom stereocenters. The first-order valence-electron chi connectivity index (χ1n) is 4.09. The molecule has 0 saturated heterocycles. The van der Waals surface area contributed by atoms with Gasteiger partial charge in [-0.3, -0.25) is 10.1 Å². The van der Waals surface area contributed by atoms with Crippen molar-refractivity contribution >= 4 is 50.1 Å². The predicted molar refractivity (Wildman–Crippen MR) is 64.8 cm³/mol. The Balaban J connectivity index is 2.24. The van der Waals surface area contributed by atoms with Gasteiger partial charge in [-0.2, -0.15) is 0 Å². The van der Waals surface area contributed by atoms with Crippen molar-refractivity contribution in [1.29, 1.82) is 0 Å². The first-order chi connectivity index (χ1) is 7.68. The molecule has 5 nitrogen and oxygen atoms in total. The minimum absolute atomic E-state index is 0.334. The number of carbonyl (C=O) groups excluding carboxylic acids is 1. The standard InChI is InChI=1S/C8H4BrClN4OS/c9-5-3-1-2-4(6(5)10)7(15)11-8-12-13-14-16-8/h1-3H,(H,11,12,14,15). The van der Waals surface area contributed by atoms with Crippen LogP contribution in [0.2, 0.25) is 5.02 Å². The highest BCUT2D eigenvalue weighted by atomic mass is 79.9. The third-order valence-corrected chi connectivity index (χ3v) is 3.52. The summed E-state index contributed by atoms with van der Waals surface area (Å²) in [5.74, 6) is -0.343. The molecule has 1 aromatic heterocycles. The summed E-state index contributed by atoms with van der Waals surface area (Å²) in [4.78, 5) is 11.8. The fourth-order valence-corrected chi connectivity index (χ4v) is 1.97. The van der Waals surface area contributed by atoms with Crippen molar-refractivity contribution in [3.05, 3.63) is 33.3 Å². The van der Waals surface area contributed by atoms with E-state index >= 15 is 0 Å². The number of aromatic nitrogens is 3. The average molecular weight is 320 g/mol. The zero-order chi connectivity index (χ0) is 11.5. The van der Waals surface area contributed by atoms with Crippen molar-refractivity contribution in [2.75, 3.05) is 5.32 Å². The molecule has 0 saturated carbocycles. The number of nitrogens with one attached hydrogen (secondary N) is 1. The number of hydrogen-bond donors (Lipinski definition) is 1. The average Bonchev–Trinajstić information content (AvgIpc) is 2.74. The molecule has 1 N–H and O–H groups in total. The summed E-state index contributed by atoms with van der Waals surface area (Å²) in [6.07, 6.45) is 0. The second-order valence-electron chi connectivity index (χ2n) is 2.72. The summed E-state index contributed by atoms with van der Waals surface area (Å²) < 4.78 is 4.20. The Bertz CT molecular complexity index is 519. The van der Waals surface area contributed by atoms with Gasteiger partial charge in [0.15, 0.2) is 0 Å². The minimum Gasteiger partial charge on any atom is -0.295 e. The van der Waals surface area contributed by atoms with Gasteiger partial charge in [0.2, 0.25) is 5.13 Å². The van der Waals surface area contributed by atoms with E-state index in [1.807, 2.05) is 0 Å². The molecule has 1 amide bonds. The highest BCUT2D eigenvalue weighted by Gasteiger charge is 2.13. The first kappa shape index (κ1) is 11.4. The van der Waals surface area contributed by atoms with Crippen LogP contribution in [0.15, 0.2) is 22.7 Å². The number of rotatable bonds is 2. The summed E-state index contributed by atoms with van der Waals surface area (Å²) >= 11 is 10.2. The SMILES string of the molecule is O=C(Nc1nnns1)c1cccc(Br)c1Cl. The van der Waals surface area contributed by atoms with Gasteiger partial charge in [-0.05, 0) is 33.3 Å². The van der Waals surface area contributed by atoms with E-state index in [9.17, 15) is 4.79 Å². The van der Waals surface area contributed by atoms with E-state index in [0.29, 0.717) is 20.2 Å². The van der Waals surface area contributed by atoms with E-state index in [-0.39, 0.29) is 5.91 Å². The van der Waals surface area contributed by atoms with Gasteiger partial charge in [0.05, 0.1) is 10.6 Å². The molecule has 8 heteroatoms. The number of amides is 1. The van der Waals surface area contributed by atoms with Crippen molar-refractivity contribution in [2.24, 2.45) is 0 Å². The fourth-order valence-electron chi connectivity index (χ4n) is 1.03. The molecule has 82 valence electrons. The Hall–Kier alpha value is -1.05. The van der Waals surface area contributed by atoms with Gasteiger partial charge in [-0.1, -0.05) is 27.3 Å². The Morgan fingerprint density at radius 2 is 2.31 bits per heavy atom. The number of anilines is 1. The predicted octanol–water partition coefficient (Wildman–Crippen LogP) is 2.60. The molecule has 0 spiro atoms. The van der Waals surface area contributed by atoms with Gasteiger partial charge in [-0.15, -0.1) is 0 Å². The molecule has 2 rings (SSSR count). The number of nitrogens with zero attached hydrogens (tertiary/aromatic N) is 3. The second kappa shape index (κ2) is 4.86. The minimum atomic E-state index is -0.343. The van der Waals surface area contributed by atoms with Crippen LogP contribution in [0.5, 0.6) is 0 Å². The number of benzene rings is 1. The Labute approximate surface area is 108 Å². The Morgan fingerprint density at radius 1 is 1.50 bits per heavy atom. The van der Waals surface area contributed by atoms with E-state index in [1.165, 1.54) is 0 Å². The van der Waals surface area contributed by atoms with Gasteiger partial charge >= 0.3 is 0 Å². The fraction of sp³-hybridized carbons (Fsp3) is 0. The second-order valence-corrected chi connectivity index (χ2v) is 4.69. The largest absolute Gasteiger partial charge is 0.295 e. The number of halogens is 2. The van der Waals surface area contributed by atoms with Gasteiger partial charge < -0.3 is 0 Å². The highest BCUT2D eigenvalue weighted by Crippen LogP contribution is 2.26. The smallest absolute Gasteiger partial charge is 0.259 e. The summed E-state index contributed by atoms with van der Waals surface area (Å²) in [6, 6.07) is 5.10. The summed E-state index contributed by atoms with van der Waals surface area (Å²) in [7, 11) is 0. The first-order valence-corrected chi connectivity index (χ1v) is 6.03. The van der Waals surface area contributed by atoms with Crippen LogP contribution in [0, 0.1) is 0 Å². The van der Waals surface area contributed by atoms with Crippen molar-refractivity contribution in [1.82, 2.24) is 14.8 Å². The monoisotopic (exact) mass is 318 g/mol. The quantitative estimate of drug-likeness (QED) is 0.924. The zero-order valence-electron chi connectivity index (χ0n) is 7.65. The zero-order valence-corrected chi connectivity index (χ0v) is 10.8. The van der Waals surface area contributed by atoms with Gasteiger partial charge in [0.1, 0.15) is 0 Å². The molecule has 0 aliphatic rings. The normalized spacial score (nSPS) is 10.1. The third-order valence-electron chi connectivity index (χ3n) is 1.72. The van der Waals surface area contributed by atoms with E-state index < -0.39 is 0 Å². The molecule has 1 heterocycles. The van der Waals surface area contributed by atoms with Crippen LogP contribution in [0.1, 0.15) is 10.4 Å². The molecule has 1 aromatic carbocycles. The van der Waals surface area contributed by atoms with Crippen LogP contribution in [0.25, 0.3) is 0 Å². The van der Waals surface area contributed by atoms with Crippen LogP contribution in [0.4, 0.5) is 5.13 Å².